The molecule has 1 heterocycles. The lowest BCUT2D eigenvalue weighted by molar-refractivity contribution is 0.894. The van der Waals surface area contributed by atoms with Crippen LogP contribution in [0.5, 0.6) is 0 Å². The molecule has 2 aromatic carbocycles. The van der Waals surface area contributed by atoms with Crippen LogP contribution in [0.2, 0.25) is 0 Å². The van der Waals surface area contributed by atoms with Crippen molar-refractivity contribution >= 4 is 29.4 Å². The Kier molecular flexibility index (Phi) is 6.82. The van der Waals surface area contributed by atoms with Gasteiger partial charge in [0.05, 0.1) is 5.69 Å². The highest BCUT2D eigenvalue weighted by Gasteiger charge is 2.21. The summed E-state index contributed by atoms with van der Waals surface area (Å²) in [5.74, 6) is 0.777. The van der Waals surface area contributed by atoms with Crippen molar-refractivity contribution in [1.82, 2.24) is 9.55 Å². The summed E-state index contributed by atoms with van der Waals surface area (Å²) >= 11 is 3.06. The Labute approximate surface area is 179 Å². The number of rotatable bonds is 6. The summed E-state index contributed by atoms with van der Waals surface area (Å²) in [4.78, 5) is 23.6. The first kappa shape index (κ1) is 21.2. The molecule has 1 aromatic heterocycles. The number of aliphatic imine (C=N–C) groups is 1. The monoisotopic (exact) mass is 424 g/mol. The number of hydrogen-bond acceptors (Lipinski definition) is 5. The molecule has 0 aliphatic carbocycles. The predicted octanol–water partition coefficient (Wildman–Crippen LogP) is 4.24. The van der Waals surface area contributed by atoms with Gasteiger partial charge in [0.15, 0.2) is 0 Å². The van der Waals surface area contributed by atoms with Gasteiger partial charge in [-0.2, -0.15) is 0 Å². The fourth-order valence-electron chi connectivity index (χ4n) is 3.03. The number of nitrogens with zero attached hydrogens (tertiary/aromatic N) is 3. The van der Waals surface area contributed by atoms with Crippen LogP contribution >= 0.6 is 23.5 Å². The zero-order chi connectivity index (χ0) is 21.0. The summed E-state index contributed by atoms with van der Waals surface area (Å²) in [7, 11) is 1.58. The molecule has 29 heavy (non-hydrogen) atoms. The van der Waals surface area contributed by atoms with Crippen molar-refractivity contribution in [2.45, 2.75) is 23.3 Å². The summed E-state index contributed by atoms with van der Waals surface area (Å²) in [5, 5.41) is 0.573. The van der Waals surface area contributed by atoms with E-state index in [0.29, 0.717) is 16.4 Å². The molecule has 0 fully saturated rings. The van der Waals surface area contributed by atoms with Crippen molar-refractivity contribution in [1.29, 1.82) is 0 Å². The lowest BCUT2D eigenvalue weighted by Crippen LogP contribution is -2.32. The van der Waals surface area contributed by atoms with Crippen LogP contribution in [-0.2, 0) is 6.42 Å². The van der Waals surface area contributed by atoms with Crippen LogP contribution in [0, 0.1) is 0 Å². The summed E-state index contributed by atoms with van der Waals surface area (Å²) in [5.41, 5.74) is 9.01. The maximum absolute atomic E-state index is 13.6. The summed E-state index contributed by atoms with van der Waals surface area (Å²) in [6.07, 6.45) is 4.85. The second-order valence-electron chi connectivity index (χ2n) is 6.32. The Hall–Kier alpha value is -2.51. The quantitative estimate of drug-likeness (QED) is 0.277. The highest BCUT2D eigenvalue weighted by molar-refractivity contribution is 7.98. The molecule has 150 valence electrons. The van der Waals surface area contributed by atoms with Crippen LogP contribution < -0.4 is 11.3 Å². The van der Waals surface area contributed by atoms with E-state index in [4.69, 9.17) is 10.7 Å². The second kappa shape index (κ2) is 9.33. The number of hydrogen-bond donors (Lipinski definition) is 1. The van der Waals surface area contributed by atoms with Gasteiger partial charge in [0, 0.05) is 17.5 Å². The smallest absolute Gasteiger partial charge is 0.270 e. The maximum Gasteiger partial charge on any atom is 0.270 e. The molecular formula is C22H24N4OS2. The molecule has 0 radical (unpaired) electrons. The van der Waals surface area contributed by atoms with E-state index >= 15 is 0 Å². The van der Waals surface area contributed by atoms with Crippen molar-refractivity contribution < 1.29 is 0 Å². The summed E-state index contributed by atoms with van der Waals surface area (Å²) in [6, 6.07) is 16.0. The van der Waals surface area contributed by atoms with Crippen molar-refractivity contribution in [2.75, 3.05) is 19.6 Å². The largest absolute Gasteiger partial charge is 0.383 e. The van der Waals surface area contributed by atoms with Crippen molar-refractivity contribution in [3.8, 4) is 17.1 Å². The van der Waals surface area contributed by atoms with E-state index < -0.39 is 0 Å². The number of benzene rings is 2. The minimum Gasteiger partial charge on any atom is -0.383 e. The lowest BCUT2D eigenvalue weighted by Gasteiger charge is -2.17. The molecule has 0 atom stereocenters. The third kappa shape index (κ3) is 4.26. The van der Waals surface area contributed by atoms with E-state index in [2.05, 4.69) is 11.9 Å². The molecule has 0 aliphatic rings. The fraction of sp³-hybridized carbons (Fsp3) is 0.227. The molecule has 7 heteroatoms. The third-order valence-electron chi connectivity index (χ3n) is 4.69. The van der Waals surface area contributed by atoms with Crippen molar-refractivity contribution in [3.63, 3.8) is 0 Å². The van der Waals surface area contributed by atoms with Crippen LogP contribution in [0.1, 0.15) is 18.1 Å². The minimum atomic E-state index is -0.222. The Morgan fingerprint density at radius 3 is 2.24 bits per heavy atom. The van der Waals surface area contributed by atoms with Gasteiger partial charge in [0.2, 0.25) is 0 Å². The zero-order valence-corrected chi connectivity index (χ0v) is 18.6. The van der Waals surface area contributed by atoms with Gasteiger partial charge in [-0.25, -0.2) is 4.98 Å². The summed E-state index contributed by atoms with van der Waals surface area (Å²) in [6.45, 7) is 2.10. The normalized spacial score (nSPS) is 11.7. The van der Waals surface area contributed by atoms with Crippen molar-refractivity contribution in [3.05, 3.63) is 70.0 Å². The topological polar surface area (TPSA) is 73.3 Å². The molecule has 5 nitrogen and oxygen atoms in total. The molecule has 0 aliphatic heterocycles. The van der Waals surface area contributed by atoms with Gasteiger partial charge >= 0.3 is 0 Å². The number of aromatic nitrogens is 2. The molecule has 0 spiro atoms. The number of amidine groups is 1. The van der Waals surface area contributed by atoms with Crippen LogP contribution in [0.25, 0.3) is 17.1 Å². The highest BCUT2D eigenvalue weighted by atomic mass is 32.2. The lowest BCUT2D eigenvalue weighted by atomic mass is 10.1. The molecule has 3 rings (SSSR count). The molecule has 0 bridgehead atoms. The van der Waals surface area contributed by atoms with Gasteiger partial charge in [0.1, 0.15) is 22.2 Å². The molecule has 0 amide bonds. The van der Waals surface area contributed by atoms with Gasteiger partial charge in [-0.1, -0.05) is 31.2 Å². The van der Waals surface area contributed by atoms with E-state index in [1.54, 1.807) is 23.4 Å². The van der Waals surface area contributed by atoms with Gasteiger partial charge in [-0.3, -0.25) is 14.4 Å². The Morgan fingerprint density at radius 1 is 1.07 bits per heavy atom. The van der Waals surface area contributed by atoms with E-state index in [9.17, 15) is 4.79 Å². The standard InChI is InChI=1S/C22H24N4OS2/c1-5-14-6-10-16(11-7-14)26-20(15-8-12-17(28-3)13-9-15)25-21(29-4)18(22(26)27)19(23)24-2/h6-13H,5H2,1-4H3,(H2,23,24). The first-order valence-corrected chi connectivity index (χ1v) is 11.7. The average Bonchev–Trinajstić information content (AvgIpc) is 2.78. The van der Waals surface area contributed by atoms with E-state index in [0.717, 1.165) is 22.6 Å². The van der Waals surface area contributed by atoms with Gasteiger partial charge in [-0.15, -0.1) is 23.5 Å². The average molecular weight is 425 g/mol. The maximum atomic E-state index is 13.6. The third-order valence-corrected chi connectivity index (χ3v) is 6.12. The van der Waals surface area contributed by atoms with Crippen LogP contribution in [0.15, 0.2) is 68.2 Å². The Bertz CT molecular complexity index is 1090. The molecular weight excluding hydrogens is 400 g/mol. The van der Waals surface area contributed by atoms with E-state index in [-0.39, 0.29) is 11.4 Å². The molecule has 0 unspecified atom stereocenters. The number of thioether (sulfide) groups is 2. The molecule has 0 saturated carbocycles. The predicted molar refractivity (Wildman–Crippen MR) is 125 cm³/mol. The fourth-order valence-corrected chi connectivity index (χ4v) is 4.02. The van der Waals surface area contributed by atoms with E-state index in [1.165, 1.54) is 17.3 Å². The molecule has 3 aromatic rings. The number of aryl methyl sites for hydroxylation is 1. The first-order valence-electron chi connectivity index (χ1n) is 9.21. The minimum absolute atomic E-state index is 0.190. The van der Waals surface area contributed by atoms with Crippen LogP contribution in [-0.4, -0.2) is 34.9 Å². The van der Waals surface area contributed by atoms with Gasteiger partial charge < -0.3 is 5.73 Å². The Morgan fingerprint density at radius 2 is 1.72 bits per heavy atom. The molecule has 0 saturated heterocycles. The Balaban J connectivity index is 2.35. The first-order chi connectivity index (χ1) is 14.0. The molecule has 2 N–H and O–H groups in total. The zero-order valence-electron chi connectivity index (χ0n) is 17.0. The van der Waals surface area contributed by atoms with Gasteiger partial charge in [0.25, 0.3) is 5.56 Å². The van der Waals surface area contributed by atoms with E-state index in [1.807, 2.05) is 61.0 Å². The number of nitrogens with two attached hydrogens (primary N) is 1. The van der Waals surface area contributed by atoms with Crippen LogP contribution in [0.4, 0.5) is 0 Å². The van der Waals surface area contributed by atoms with Crippen LogP contribution in [0.3, 0.4) is 0 Å². The van der Waals surface area contributed by atoms with Gasteiger partial charge in [-0.05, 0) is 48.8 Å². The highest BCUT2D eigenvalue weighted by Crippen LogP contribution is 2.26. The second-order valence-corrected chi connectivity index (χ2v) is 7.99. The summed E-state index contributed by atoms with van der Waals surface area (Å²) < 4.78 is 1.63. The van der Waals surface area contributed by atoms with Crippen molar-refractivity contribution in [2.24, 2.45) is 10.7 Å². The SMILES string of the molecule is CCc1ccc(-n2c(-c3ccc(SC)cc3)nc(SC)c(C(N)=NC)c2=O)cc1.